The van der Waals surface area contributed by atoms with Gasteiger partial charge in [0.25, 0.3) is 0 Å². The van der Waals surface area contributed by atoms with E-state index >= 15 is 28.8 Å². The summed E-state index contributed by atoms with van der Waals surface area (Å²) in [5, 5.41) is 155. The van der Waals surface area contributed by atoms with Crippen LogP contribution in [0, 0.1) is 5.92 Å². The van der Waals surface area contributed by atoms with E-state index in [1.54, 1.807) is 20.8 Å². The van der Waals surface area contributed by atoms with Crippen molar-refractivity contribution < 1.29 is 152 Å². The molecule has 17 bridgehead atoms. The van der Waals surface area contributed by atoms with Gasteiger partial charge < -0.3 is 141 Å². The van der Waals surface area contributed by atoms with Crippen LogP contribution in [-0.4, -0.2) is 225 Å². The topological polar surface area (TPSA) is 584 Å². The standard InChI is InChI=1S/C88H96Cl2N8O31/c1-36(2)13-11-9-8-10-12-14-59(104)92-67-71(107)73(109)76(84(119)121-7)128-85(67)127-75-56-29-41-30-57(75)124-53-24-19-40(27-48(53)89)69(105)66-81(115)96-65(83(117)118)46-31-42(100)32-55(125-86-74(110)72(108)70(106)58(35-99)126-86)60(46)45-26-38(17-22-50(45)101)62(78(112)97-66)93-79(113)63(41)94-80(114)64-47-33-44(34-52(103)61(47)90)123-54-28-39(18-23-51(54)102)68(98(6)87(120)129-88(3,4)5)82(116)91-49(77(111)95-64)25-37-15-20-43(122-56)21-16-37/h15-24,26-34,36,49,58,62-74,76,85-86,99-103,105-110H,8-14,25,35H2,1-7H3,(H,91,116)(H,92,104)(H,93,113)(H,94,114)(H,95,111)(H,96,115)(H,97,112)(H,117,118)/t49-,58-,62-,63-,64+,65-,66+,67-,68+,69-,70-,71-,72+,73+,74+,76+,85-,86+/m1/s1. The summed E-state index contributed by atoms with van der Waals surface area (Å²) in [6.07, 6.45) is -18.3. The van der Waals surface area contributed by atoms with Crippen molar-refractivity contribution in [1.29, 1.82) is 0 Å². The molecule has 8 aliphatic heterocycles. The number of hydrogen-bond donors (Lipinski definition) is 19. The van der Waals surface area contributed by atoms with Crippen LogP contribution < -0.4 is 60.9 Å². The van der Waals surface area contributed by atoms with Crippen molar-refractivity contribution in [2.24, 2.45) is 5.92 Å². The highest BCUT2D eigenvalue weighted by molar-refractivity contribution is 6.33. The number of aliphatic carboxylic acids is 1. The smallest absolute Gasteiger partial charge is 0.410 e. The number of amides is 8. The number of phenols is 4. The number of halogens is 2. The normalized spacial score (nSPS) is 25.7. The highest BCUT2D eigenvalue weighted by atomic mass is 35.5. The number of carboxylic acid groups (broad SMARTS) is 1. The van der Waals surface area contributed by atoms with Crippen molar-refractivity contribution in [3.8, 4) is 80.1 Å². The number of aromatic hydroxyl groups is 4. The van der Waals surface area contributed by atoms with Crippen molar-refractivity contribution in [3.05, 3.63) is 164 Å². The third-order valence-electron chi connectivity index (χ3n) is 22.3. The van der Waals surface area contributed by atoms with Crippen LogP contribution in [0.15, 0.2) is 115 Å². The molecule has 129 heavy (non-hydrogen) atoms. The predicted molar refractivity (Wildman–Crippen MR) is 448 cm³/mol. The summed E-state index contributed by atoms with van der Waals surface area (Å²) in [7, 11) is 2.16. The number of hydrogen-bond acceptors (Lipinski definition) is 30. The van der Waals surface area contributed by atoms with Gasteiger partial charge in [-0.3, -0.25) is 38.5 Å². The van der Waals surface area contributed by atoms with E-state index in [4.69, 9.17) is 65.8 Å². The number of aliphatic hydroxyl groups is 7. The Morgan fingerprint density at radius 3 is 1.89 bits per heavy atom. The van der Waals surface area contributed by atoms with E-state index in [-0.39, 0.29) is 28.9 Å². The summed E-state index contributed by atoms with van der Waals surface area (Å²) in [6, 6.07) is 3.16. The summed E-state index contributed by atoms with van der Waals surface area (Å²) >= 11 is 14.3. The maximum Gasteiger partial charge on any atom is 0.410 e. The fraction of sp³-hybridized carbons (Fsp3) is 0.409. The van der Waals surface area contributed by atoms with Crippen LogP contribution in [0.25, 0.3) is 11.1 Å². The fourth-order valence-electron chi connectivity index (χ4n) is 15.6. The third kappa shape index (κ3) is 20.8. The summed E-state index contributed by atoms with van der Waals surface area (Å²) in [4.78, 5) is 153. The van der Waals surface area contributed by atoms with Gasteiger partial charge in [-0.05, 0) is 134 Å². The number of ether oxygens (including phenoxy) is 9. The first-order valence-electron chi connectivity index (χ1n) is 41.0. The van der Waals surface area contributed by atoms with Gasteiger partial charge in [0.1, 0.15) is 131 Å². The highest BCUT2D eigenvalue weighted by Crippen LogP contribution is 2.51. The molecule has 18 atom stereocenters. The maximum atomic E-state index is 16.8. The van der Waals surface area contributed by atoms with Crippen LogP contribution in [0.1, 0.15) is 155 Å². The first-order valence-corrected chi connectivity index (χ1v) is 41.8. The van der Waals surface area contributed by atoms with Crippen LogP contribution in [-0.2, 0) is 68.5 Å². The summed E-state index contributed by atoms with van der Waals surface area (Å²) < 4.78 is 55.2. The Morgan fingerprint density at radius 1 is 0.574 bits per heavy atom. The molecule has 0 aromatic heterocycles. The molecule has 41 heteroatoms. The van der Waals surface area contributed by atoms with Crippen molar-refractivity contribution in [2.45, 2.75) is 201 Å². The van der Waals surface area contributed by atoms with E-state index in [2.05, 4.69) is 51.1 Å². The zero-order valence-corrected chi connectivity index (χ0v) is 71.6. The zero-order valence-electron chi connectivity index (χ0n) is 70.1. The first kappa shape index (κ1) is 94.1. The number of nitrogens with one attached hydrogen (secondary N) is 7. The number of unbranched alkanes of at least 4 members (excludes halogenated alkanes) is 4. The second-order valence-electron chi connectivity index (χ2n) is 33.2. The molecule has 688 valence electrons. The molecule has 2 saturated heterocycles. The number of carbonyl (C=O) groups excluding carboxylic acids is 9. The van der Waals surface area contributed by atoms with Gasteiger partial charge in [0.05, 0.1) is 23.8 Å². The Kier molecular flexibility index (Phi) is 28.6. The monoisotopic (exact) mass is 1830 g/mol. The molecule has 0 unspecified atom stereocenters. The molecule has 8 aliphatic rings. The Balaban J connectivity index is 1.05. The van der Waals surface area contributed by atoms with E-state index in [1.165, 1.54) is 37.4 Å². The lowest BCUT2D eigenvalue weighted by molar-refractivity contribution is -0.277. The lowest BCUT2D eigenvalue weighted by Gasteiger charge is -2.41. The van der Waals surface area contributed by atoms with Gasteiger partial charge >= 0.3 is 18.0 Å². The van der Waals surface area contributed by atoms with Gasteiger partial charge in [-0.25, -0.2) is 14.4 Å². The second-order valence-corrected chi connectivity index (χ2v) is 34.0. The van der Waals surface area contributed by atoms with Gasteiger partial charge in [-0.15, -0.1) is 0 Å². The van der Waals surface area contributed by atoms with E-state index in [0.29, 0.717) is 18.8 Å². The average molecular weight is 1830 g/mol. The van der Waals surface area contributed by atoms with Crippen LogP contribution >= 0.6 is 23.2 Å². The summed E-state index contributed by atoms with van der Waals surface area (Å²) in [5.74, 6) is -19.3. The number of esters is 1. The minimum absolute atomic E-state index is 0.0528. The van der Waals surface area contributed by atoms with Crippen LogP contribution in [0.3, 0.4) is 0 Å². The molecule has 0 spiro atoms. The van der Waals surface area contributed by atoms with Crippen LogP contribution in [0.4, 0.5) is 4.79 Å². The number of nitrogens with zero attached hydrogens (tertiary/aromatic N) is 1. The molecule has 0 aliphatic carbocycles. The minimum Gasteiger partial charge on any atom is -0.508 e. The number of rotatable bonds is 17. The number of methoxy groups -OCH3 is 1. The number of benzene rings is 7. The number of carboxylic acids is 1. The zero-order chi connectivity index (χ0) is 93.2. The molecule has 19 N–H and O–H groups in total. The maximum absolute atomic E-state index is 16.8. The van der Waals surface area contributed by atoms with Crippen LogP contribution in [0.5, 0.6) is 69.0 Å². The Bertz CT molecular complexity index is 5480. The van der Waals surface area contributed by atoms with Crippen LogP contribution in [0.2, 0.25) is 10.0 Å². The third-order valence-corrected chi connectivity index (χ3v) is 23.0. The second kappa shape index (κ2) is 39.2. The van der Waals surface area contributed by atoms with Crippen molar-refractivity contribution >= 4 is 82.6 Å². The van der Waals surface area contributed by atoms with Crippen molar-refractivity contribution in [2.75, 3.05) is 20.8 Å². The van der Waals surface area contributed by atoms with Gasteiger partial charge in [-0.2, -0.15) is 0 Å². The molecule has 7 aromatic carbocycles. The molecular formula is C88H96Cl2N8O31. The van der Waals surface area contributed by atoms with E-state index in [9.17, 15) is 80.5 Å². The molecule has 0 radical (unpaired) electrons. The van der Waals surface area contributed by atoms with E-state index in [1.807, 2.05) is 0 Å². The Labute approximate surface area is 745 Å². The molecule has 8 heterocycles. The van der Waals surface area contributed by atoms with Gasteiger partial charge in [0, 0.05) is 54.3 Å². The minimum atomic E-state index is -2.50. The quantitative estimate of drug-likeness (QED) is 0.0393. The lowest BCUT2D eigenvalue weighted by atomic mass is 9.89. The number of carbonyl (C=O) groups is 10. The van der Waals surface area contributed by atoms with Gasteiger partial charge in [0.15, 0.2) is 35.1 Å². The summed E-state index contributed by atoms with van der Waals surface area (Å²) in [5.41, 5.74) is -4.86. The fourth-order valence-corrected chi connectivity index (χ4v) is 16.1. The van der Waals surface area contributed by atoms with E-state index < -0.39 is 294 Å². The number of aliphatic hydroxyl groups excluding tert-OH is 7. The predicted octanol–water partition coefficient (Wildman–Crippen LogP) is 5.53. The Hall–Kier alpha value is -12.5. The SMILES string of the molecule is COC(=O)[C@H]1O[C@@H](Oc2c3cc4cc2Oc2ccc(cc2Cl)[C@@H](O)[C@@H]2NC(=O)[C@H](NC(=O)[C@@H]4NC(=O)[C@H]4NC(=O)[C@@H](Cc5ccc(cc5)O3)NC(=O)[C@@H](N(C)C(=O)OC(C)(C)C)c3ccc(O)c(c3)Oc3cc(O)c(Cl)c4c3)c3ccc(O)c(c3)-c3c(O[C@H]4O[C@H](CO)[C@@H](O)[C@H](O)[C@@H]4O)cc(O)cc3[C@H](C(=O)O)NC2=O)[C@H](NC(=O)CCCCCCCC(C)C)[C@@H](O)[C@@H]1O. The largest absolute Gasteiger partial charge is 0.508 e. The number of phenolic OH excluding ortho intramolecular Hbond substituents is 4. The molecular weight excluding hydrogens is 1740 g/mol. The average Bonchev–Trinajstić information content (AvgIpc) is 0.755. The Morgan fingerprint density at radius 2 is 1.21 bits per heavy atom. The molecule has 15 rings (SSSR count). The first-order chi connectivity index (χ1) is 61.2. The molecule has 8 amide bonds. The highest BCUT2D eigenvalue weighted by Gasteiger charge is 2.52. The van der Waals surface area contributed by atoms with Gasteiger partial charge in [0.2, 0.25) is 59.7 Å². The van der Waals surface area contributed by atoms with Gasteiger partial charge in [-0.1, -0.05) is 99.5 Å². The van der Waals surface area contributed by atoms with Crippen molar-refractivity contribution in [1.82, 2.24) is 42.1 Å². The molecule has 0 saturated carbocycles. The summed E-state index contributed by atoms with van der Waals surface area (Å²) in [6.45, 7) is 7.89. The van der Waals surface area contributed by atoms with E-state index in [0.717, 1.165) is 123 Å². The van der Waals surface area contributed by atoms with Crippen molar-refractivity contribution in [3.63, 3.8) is 0 Å². The lowest BCUT2D eigenvalue weighted by Crippen LogP contribution is -2.66. The number of likely N-dealkylation sites (N-methyl/N-ethyl adjacent to an activating group) is 1. The number of fused-ring (bicyclic) bond motifs is 14. The molecule has 2 fully saturated rings. The molecule has 7 aromatic rings. The molecule has 39 nitrogen and oxygen atoms in total.